The molecule has 0 spiro atoms. The lowest BCUT2D eigenvalue weighted by atomic mass is 10.2. The van der Waals surface area contributed by atoms with Crippen LogP contribution in [0.15, 0.2) is 48.5 Å². The van der Waals surface area contributed by atoms with Crippen molar-refractivity contribution < 1.29 is 14.3 Å². The third-order valence-electron chi connectivity index (χ3n) is 4.33. The number of para-hydroxylation sites is 1. The molecular formula is C23H29N3O3S. The first kappa shape index (κ1) is 23.3. The predicted molar refractivity (Wildman–Crippen MR) is 124 cm³/mol. The van der Waals surface area contributed by atoms with Gasteiger partial charge in [0.15, 0.2) is 5.11 Å². The summed E-state index contributed by atoms with van der Waals surface area (Å²) in [6.45, 7) is 5.13. The Balaban J connectivity index is 1.95. The second-order valence-corrected chi connectivity index (χ2v) is 7.16. The minimum Gasteiger partial charge on any atom is -0.493 e. The van der Waals surface area contributed by atoms with Crippen LogP contribution in [0.4, 0.5) is 5.69 Å². The maximum absolute atomic E-state index is 12.7. The molecule has 0 saturated heterocycles. The van der Waals surface area contributed by atoms with Crippen LogP contribution in [0.2, 0.25) is 0 Å². The zero-order valence-corrected chi connectivity index (χ0v) is 18.3. The quantitative estimate of drug-likeness (QED) is 0.384. The fourth-order valence-electron chi connectivity index (χ4n) is 2.82. The normalized spacial score (nSPS) is 10.2. The van der Waals surface area contributed by atoms with Crippen LogP contribution in [-0.2, 0) is 0 Å². The van der Waals surface area contributed by atoms with E-state index in [4.69, 9.17) is 17.0 Å². The Bertz CT molecular complexity index is 870. The Hall–Kier alpha value is -2.93. The van der Waals surface area contributed by atoms with Gasteiger partial charge in [-0.05, 0) is 55.9 Å². The Labute approximate surface area is 183 Å². The highest BCUT2D eigenvalue weighted by atomic mass is 32.1. The van der Waals surface area contributed by atoms with Gasteiger partial charge in [0.2, 0.25) is 0 Å². The van der Waals surface area contributed by atoms with E-state index in [2.05, 4.69) is 22.9 Å². The highest BCUT2D eigenvalue weighted by molar-refractivity contribution is 7.80. The van der Waals surface area contributed by atoms with Crippen LogP contribution in [0, 0.1) is 0 Å². The van der Waals surface area contributed by atoms with E-state index in [-0.39, 0.29) is 16.9 Å². The lowest BCUT2D eigenvalue weighted by molar-refractivity contribution is 0.0952. The highest BCUT2D eigenvalue weighted by Gasteiger charge is 2.14. The summed E-state index contributed by atoms with van der Waals surface area (Å²) in [5.41, 5.74) is 1.55. The number of nitrogens with one attached hydrogen (secondary N) is 3. The van der Waals surface area contributed by atoms with E-state index in [1.165, 1.54) is 6.42 Å². The van der Waals surface area contributed by atoms with Crippen LogP contribution in [0.25, 0.3) is 0 Å². The van der Waals surface area contributed by atoms with Gasteiger partial charge < -0.3 is 15.4 Å². The highest BCUT2D eigenvalue weighted by Crippen LogP contribution is 2.19. The lowest BCUT2D eigenvalue weighted by Gasteiger charge is -2.13. The van der Waals surface area contributed by atoms with Gasteiger partial charge in [0, 0.05) is 17.8 Å². The molecule has 2 aromatic carbocycles. The van der Waals surface area contributed by atoms with E-state index >= 15 is 0 Å². The largest absolute Gasteiger partial charge is 0.493 e. The number of ether oxygens (including phenoxy) is 1. The van der Waals surface area contributed by atoms with E-state index in [9.17, 15) is 9.59 Å². The third-order valence-corrected chi connectivity index (χ3v) is 4.54. The van der Waals surface area contributed by atoms with Crippen molar-refractivity contribution >= 4 is 34.8 Å². The summed E-state index contributed by atoms with van der Waals surface area (Å²) in [5.74, 6) is 0.0187. The molecule has 0 bridgehead atoms. The molecule has 2 amide bonds. The summed E-state index contributed by atoms with van der Waals surface area (Å²) in [5, 5.41) is 8.51. The Morgan fingerprint density at radius 1 is 0.967 bits per heavy atom. The van der Waals surface area contributed by atoms with Crippen LogP contribution < -0.4 is 20.7 Å². The fraction of sp³-hybridized carbons (Fsp3) is 0.348. The number of carbonyl (C=O) groups excluding carboxylic acids is 2. The summed E-state index contributed by atoms with van der Waals surface area (Å²) >= 11 is 5.27. The molecule has 0 saturated carbocycles. The Morgan fingerprint density at radius 3 is 2.53 bits per heavy atom. The van der Waals surface area contributed by atoms with Gasteiger partial charge in [-0.25, -0.2) is 0 Å². The number of amides is 2. The molecule has 0 atom stereocenters. The van der Waals surface area contributed by atoms with Gasteiger partial charge in [-0.1, -0.05) is 44.4 Å². The zero-order chi connectivity index (χ0) is 21.8. The molecular weight excluding hydrogens is 398 g/mol. The van der Waals surface area contributed by atoms with Crippen molar-refractivity contribution in [3.63, 3.8) is 0 Å². The topological polar surface area (TPSA) is 79.5 Å². The van der Waals surface area contributed by atoms with Crippen LogP contribution in [0.5, 0.6) is 5.75 Å². The first-order chi connectivity index (χ1) is 14.5. The van der Waals surface area contributed by atoms with Crippen molar-refractivity contribution in [3.05, 3.63) is 59.7 Å². The second kappa shape index (κ2) is 12.6. The molecule has 0 heterocycles. The first-order valence-corrected chi connectivity index (χ1v) is 10.7. The molecule has 0 aromatic heterocycles. The third kappa shape index (κ3) is 7.48. The second-order valence-electron chi connectivity index (χ2n) is 6.75. The van der Waals surface area contributed by atoms with Crippen molar-refractivity contribution in [2.45, 2.75) is 39.5 Å². The van der Waals surface area contributed by atoms with E-state index in [1.54, 1.807) is 42.5 Å². The van der Waals surface area contributed by atoms with Gasteiger partial charge in [-0.3, -0.25) is 14.9 Å². The lowest BCUT2D eigenvalue weighted by Crippen LogP contribution is -2.34. The molecule has 0 aliphatic carbocycles. The molecule has 30 heavy (non-hydrogen) atoms. The van der Waals surface area contributed by atoms with Gasteiger partial charge in [0.25, 0.3) is 11.8 Å². The molecule has 160 valence electrons. The van der Waals surface area contributed by atoms with Crippen LogP contribution in [0.3, 0.4) is 0 Å². The molecule has 0 aliphatic rings. The zero-order valence-electron chi connectivity index (χ0n) is 17.5. The predicted octanol–water partition coefficient (Wildman–Crippen LogP) is 4.52. The van der Waals surface area contributed by atoms with E-state index in [0.29, 0.717) is 35.7 Å². The van der Waals surface area contributed by atoms with Crippen LogP contribution in [0.1, 0.15) is 60.2 Å². The monoisotopic (exact) mass is 427 g/mol. The fourth-order valence-corrected chi connectivity index (χ4v) is 3.04. The minimum atomic E-state index is -0.350. The number of carbonyl (C=O) groups is 2. The first-order valence-electron chi connectivity index (χ1n) is 10.3. The smallest absolute Gasteiger partial charge is 0.261 e. The number of unbranched alkanes of at least 4 members (excludes halogenated alkanes) is 3. The molecule has 0 radical (unpaired) electrons. The standard InChI is InChI=1S/C23H29N3O3S/c1-3-5-6-9-15-29-20-14-8-7-13-19(20)22(28)26-23(30)25-18-12-10-11-17(16-18)21(27)24-4-2/h7-8,10-14,16H,3-6,9,15H2,1-2H3,(H,24,27)(H2,25,26,28,30). The number of anilines is 1. The van der Waals surface area contributed by atoms with Crippen molar-refractivity contribution in [2.24, 2.45) is 0 Å². The van der Waals surface area contributed by atoms with Crippen molar-refractivity contribution in [1.29, 1.82) is 0 Å². The van der Waals surface area contributed by atoms with Gasteiger partial charge in [-0.2, -0.15) is 0 Å². The average molecular weight is 428 g/mol. The van der Waals surface area contributed by atoms with Gasteiger partial charge in [0.05, 0.1) is 12.2 Å². The van der Waals surface area contributed by atoms with Gasteiger partial charge in [0.1, 0.15) is 5.75 Å². The molecule has 6 nitrogen and oxygen atoms in total. The molecule has 0 unspecified atom stereocenters. The van der Waals surface area contributed by atoms with E-state index in [1.807, 2.05) is 13.0 Å². The minimum absolute atomic E-state index is 0.144. The number of rotatable bonds is 10. The SMILES string of the molecule is CCCCCCOc1ccccc1C(=O)NC(=S)Nc1cccc(C(=O)NCC)c1. The number of benzene rings is 2. The molecule has 2 aromatic rings. The maximum atomic E-state index is 12.7. The number of thiocarbonyl (C=S) groups is 1. The Morgan fingerprint density at radius 2 is 1.77 bits per heavy atom. The summed E-state index contributed by atoms with van der Waals surface area (Å²) in [4.78, 5) is 24.7. The van der Waals surface area contributed by atoms with E-state index < -0.39 is 0 Å². The number of hydrogen-bond acceptors (Lipinski definition) is 4. The van der Waals surface area contributed by atoms with E-state index in [0.717, 1.165) is 19.3 Å². The summed E-state index contributed by atoms with van der Waals surface area (Å²) in [6.07, 6.45) is 4.39. The van der Waals surface area contributed by atoms with Gasteiger partial charge in [-0.15, -0.1) is 0 Å². The molecule has 2 rings (SSSR count). The molecule has 7 heteroatoms. The van der Waals surface area contributed by atoms with Crippen molar-refractivity contribution in [3.8, 4) is 5.75 Å². The number of hydrogen-bond donors (Lipinski definition) is 3. The van der Waals surface area contributed by atoms with Crippen LogP contribution >= 0.6 is 12.2 Å². The van der Waals surface area contributed by atoms with Crippen molar-refractivity contribution in [2.75, 3.05) is 18.5 Å². The average Bonchev–Trinajstić information content (AvgIpc) is 2.74. The summed E-state index contributed by atoms with van der Waals surface area (Å²) < 4.78 is 5.80. The van der Waals surface area contributed by atoms with Gasteiger partial charge >= 0.3 is 0 Å². The van der Waals surface area contributed by atoms with Crippen molar-refractivity contribution in [1.82, 2.24) is 10.6 Å². The summed E-state index contributed by atoms with van der Waals surface area (Å²) in [7, 11) is 0. The molecule has 0 fully saturated rings. The summed E-state index contributed by atoms with van der Waals surface area (Å²) in [6, 6.07) is 14.0. The maximum Gasteiger partial charge on any atom is 0.261 e. The Kier molecular flexibility index (Phi) is 9.80. The molecule has 3 N–H and O–H groups in total. The molecule has 0 aliphatic heterocycles. The van der Waals surface area contributed by atoms with Crippen LogP contribution in [-0.4, -0.2) is 30.1 Å².